The van der Waals surface area contributed by atoms with Crippen LogP contribution < -0.4 is 10.6 Å². The van der Waals surface area contributed by atoms with E-state index in [1.807, 2.05) is 54.6 Å². The molecule has 1 aromatic heterocycles. The van der Waals surface area contributed by atoms with Crippen molar-refractivity contribution in [3.05, 3.63) is 54.6 Å². The van der Waals surface area contributed by atoms with Crippen LogP contribution in [0.25, 0.3) is 22.5 Å². The topological polar surface area (TPSA) is 128 Å². The lowest BCUT2D eigenvalue weighted by Gasteiger charge is -2.32. The van der Waals surface area contributed by atoms with E-state index in [9.17, 15) is 19.2 Å². The summed E-state index contributed by atoms with van der Waals surface area (Å²) in [6, 6.07) is 16.3. The lowest BCUT2D eigenvalue weighted by molar-refractivity contribution is -0.142. The van der Waals surface area contributed by atoms with E-state index >= 15 is 0 Å². The van der Waals surface area contributed by atoms with E-state index in [0.717, 1.165) is 73.9 Å². The highest BCUT2D eigenvalue weighted by molar-refractivity contribution is 5.99. The quantitative estimate of drug-likeness (QED) is 0.324. The Kier molecular flexibility index (Phi) is 8.12. The minimum absolute atomic E-state index is 0.0948. The van der Waals surface area contributed by atoms with Gasteiger partial charge in [0.25, 0.3) is 0 Å². The molecule has 0 spiro atoms. The largest absolute Gasteiger partial charge is 0.330 e. The first-order valence-corrected chi connectivity index (χ1v) is 16.4. The summed E-state index contributed by atoms with van der Waals surface area (Å²) in [6.45, 7) is 1.32. The second kappa shape index (κ2) is 12.5. The lowest BCUT2D eigenvalue weighted by Crippen LogP contribution is -2.46. The third kappa shape index (κ3) is 5.98. The van der Waals surface area contributed by atoms with E-state index in [2.05, 4.69) is 20.8 Å². The Hall–Kier alpha value is -4.47. The maximum absolute atomic E-state index is 13.0. The molecule has 2 aromatic carbocycles. The molecule has 3 N–H and O–H groups in total. The Morgan fingerprint density at radius 1 is 0.622 bits per heavy atom. The number of benzene rings is 2. The van der Waals surface area contributed by atoms with Gasteiger partial charge in [0.05, 0.1) is 11.4 Å². The second-order valence-corrected chi connectivity index (χ2v) is 12.9. The summed E-state index contributed by atoms with van der Waals surface area (Å²) in [6.07, 6.45) is 9.07. The van der Waals surface area contributed by atoms with Crippen molar-refractivity contribution in [2.24, 2.45) is 11.8 Å². The van der Waals surface area contributed by atoms with Gasteiger partial charge in [-0.25, -0.2) is 0 Å². The smallest absolute Gasteiger partial charge is 0.247 e. The molecule has 7 rings (SSSR count). The predicted molar refractivity (Wildman–Crippen MR) is 171 cm³/mol. The summed E-state index contributed by atoms with van der Waals surface area (Å²) in [4.78, 5) is 55.2. The van der Waals surface area contributed by atoms with Crippen molar-refractivity contribution in [3.8, 4) is 22.5 Å². The number of nitrogens with one attached hydrogen (secondary N) is 3. The van der Waals surface area contributed by atoms with Gasteiger partial charge in [-0.1, -0.05) is 37.1 Å². The summed E-state index contributed by atoms with van der Waals surface area (Å²) in [7, 11) is 0. The van der Waals surface area contributed by atoms with Gasteiger partial charge in [0.1, 0.15) is 12.1 Å². The first-order chi connectivity index (χ1) is 21.9. The summed E-state index contributed by atoms with van der Waals surface area (Å²) in [5.41, 5.74) is 4.82. The number of nitrogens with zero attached hydrogens (tertiary/aromatic N) is 3. The third-order valence-corrected chi connectivity index (χ3v) is 10.1. The number of rotatable bonds is 8. The van der Waals surface area contributed by atoms with E-state index in [1.165, 1.54) is 0 Å². The van der Waals surface area contributed by atoms with Crippen molar-refractivity contribution in [1.29, 1.82) is 0 Å². The fraction of sp³-hybridized carbons (Fsp3) is 0.457. The summed E-state index contributed by atoms with van der Waals surface area (Å²) < 4.78 is 0. The molecule has 2 aliphatic heterocycles. The summed E-state index contributed by atoms with van der Waals surface area (Å²) in [5, 5.41) is 13.6. The van der Waals surface area contributed by atoms with Gasteiger partial charge in [0.2, 0.25) is 23.6 Å². The zero-order valence-corrected chi connectivity index (χ0v) is 25.5. The first-order valence-electron chi connectivity index (χ1n) is 16.4. The van der Waals surface area contributed by atoms with Crippen LogP contribution in [0.4, 0.5) is 11.4 Å². The van der Waals surface area contributed by atoms with Gasteiger partial charge in [0.15, 0.2) is 0 Å². The number of carbonyl (C=O) groups is 4. The lowest BCUT2D eigenvalue weighted by atomic mass is 9.84. The molecule has 0 radical (unpaired) electrons. The molecule has 2 saturated carbocycles. The van der Waals surface area contributed by atoms with Crippen LogP contribution in [0.5, 0.6) is 0 Å². The van der Waals surface area contributed by atoms with Gasteiger partial charge in [-0.2, -0.15) is 5.10 Å². The van der Waals surface area contributed by atoms with Crippen molar-refractivity contribution in [2.75, 3.05) is 23.7 Å². The predicted octanol–water partition coefficient (Wildman–Crippen LogP) is 5.20. The van der Waals surface area contributed by atoms with Gasteiger partial charge >= 0.3 is 0 Å². The van der Waals surface area contributed by atoms with Gasteiger partial charge in [-0.15, -0.1) is 0 Å². The van der Waals surface area contributed by atoms with Crippen LogP contribution in [-0.4, -0.2) is 68.8 Å². The molecule has 2 unspecified atom stereocenters. The van der Waals surface area contributed by atoms with Crippen molar-refractivity contribution in [1.82, 2.24) is 20.0 Å². The van der Waals surface area contributed by atoms with E-state index < -0.39 is 12.1 Å². The van der Waals surface area contributed by atoms with Crippen LogP contribution in [0.1, 0.15) is 64.2 Å². The minimum atomic E-state index is -0.398. The molecular weight excluding hydrogens is 568 g/mol. The Bertz CT molecular complexity index is 1460. The van der Waals surface area contributed by atoms with Gasteiger partial charge in [-0.3, -0.25) is 24.3 Å². The number of amides is 4. The zero-order chi connectivity index (χ0) is 30.9. The number of hydrogen-bond donors (Lipinski definition) is 3. The standard InChI is InChI=1S/C35H40N6O4/c42-32(30-9-3-19-40(30)34(44)24-5-1-6-24)36-26-15-11-22(12-16-26)28-21-29(39-38-28)23-13-17-27(18-14-23)37-33(43)31-10-4-20-41(31)35(45)25-7-2-8-25/h11-18,21,24-25,30-31H,1-10,19-20H2,(H,36,42)(H,37,43)(H,38,39). The molecule has 4 amide bonds. The van der Waals surface area contributed by atoms with E-state index in [-0.39, 0.29) is 35.5 Å². The molecule has 4 aliphatic rings. The normalized spacial score (nSPS) is 21.7. The SMILES string of the molecule is O=C(Nc1ccc(-c2cc(-c3ccc(NC(=O)C4CCCN4C(=O)C4CCC4)cc3)[nH]n2)cc1)C1CCCN1C(=O)C1CCC1. The van der Waals surface area contributed by atoms with E-state index in [0.29, 0.717) is 37.3 Å². The van der Waals surface area contributed by atoms with E-state index in [1.54, 1.807) is 9.80 Å². The fourth-order valence-corrected chi connectivity index (χ4v) is 6.91. The molecule has 2 aliphatic carbocycles. The van der Waals surface area contributed by atoms with Crippen molar-refractivity contribution < 1.29 is 19.2 Å². The molecule has 2 atom stereocenters. The highest BCUT2D eigenvalue weighted by Gasteiger charge is 2.40. The number of anilines is 2. The van der Waals surface area contributed by atoms with Crippen LogP contribution in [0, 0.1) is 11.8 Å². The number of aromatic nitrogens is 2. The van der Waals surface area contributed by atoms with Crippen LogP contribution in [0.15, 0.2) is 54.6 Å². The Morgan fingerprint density at radius 3 is 1.53 bits per heavy atom. The molecule has 0 bridgehead atoms. The van der Waals surface area contributed by atoms with Crippen molar-refractivity contribution >= 4 is 35.0 Å². The number of carbonyl (C=O) groups excluding carboxylic acids is 4. The average Bonchev–Trinajstić information content (AvgIpc) is 3.77. The Balaban J connectivity index is 0.944. The number of H-pyrrole nitrogens is 1. The van der Waals surface area contributed by atoms with Gasteiger partial charge in [0, 0.05) is 41.9 Å². The molecule has 10 heteroatoms. The van der Waals surface area contributed by atoms with Gasteiger partial charge < -0.3 is 20.4 Å². The average molecular weight is 609 g/mol. The highest BCUT2D eigenvalue weighted by atomic mass is 16.2. The zero-order valence-electron chi connectivity index (χ0n) is 25.5. The first kappa shape index (κ1) is 29.3. The monoisotopic (exact) mass is 608 g/mol. The second-order valence-electron chi connectivity index (χ2n) is 12.9. The number of hydrogen-bond acceptors (Lipinski definition) is 5. The molecule has 10 nitrogen and oxygen atoms in total. The van der Waals surface area contributed by atoms with Crippen LogP contribution in [-0.2, 0) is 19.2 Å². The van der Waals surface area contributed by atoms with E-state index in [4.69, 9.17) is 0 Å². The maximum Gasteiger partial charge on any atom is 0.247 e. The van der Waals surface area contributed by atoms with Crippen molar-refractivity contribution in [3.63, 3.8) is 0 Å². The Morgan fingerprint density at radius 2 is 1.09 bits per heavy atom. The van der Waals surface area contributed by atoms with Crippen molar-refractivity contribution in [2.45, 2.75) is 76.3 Å². The fourth-order valence-electron chi connectivity index (χ4n) is 6.91. The van der Waals surface area contributed by atoms with Crippen LogP contribution >= 0.6 is 0 Å². The maximum atomic E-state index is 13.0. The number of aromatic amines is 1. The van der Waals surface area contributed by atoms with Crippen LogP contribution in [0.2, 0.25) is 0 Å². The molecular formula is C35H40N6O4. The summed E-state index contributed by atoms with van der Waals surface area (Å²) >= 11 is 0. The molecule has 234 valence electrons. The third-order valence-electron chi connectivity index (χ3n) is 10.1. The summed E-state index contributed by atoms with van der Waals surface area (Å²) in [5.74, 6) is 0.207. The Labute approximate surface area is 262 Å². The number of likely N-dealkylation sites (tertiary alicyclic amines) is 2. The van der Waals surface area contributed by atoms with Gasteiger partial charge in [-0.05, 0) is 87.3 Å². The minimum Gasteiger partial charge on any atom is -0.330 e. The molecule has 4 fully saturated rings. The highest BCUT2D eigenvalue weighted by Crippen LogP contribution is 2.33. The molecule has 45 heavy (non-hydrogen) atoms. The van der Waals surface area contributed by atoms with Crippen LogP contribution in [0.3, 0.4) is 0 Å². The molecule has 3 aromatic rings. The molecule has 3 heterocycles. The molecule has 2 saturated heterocycles.